The van der Waals surface area contributed by atoms with Crippen molar-refractivity contribution in [3.63, 3.8) is 0 Å². The van der Waals surface area contributed by atoms with Crippen molar-refractivity contribution in [2.24, 2.45) is 0 Å². The standard InChI is InChI=1S/C37H28Cl2N4O3/c1-25-34(36(45-32-19-13-27(38)14-20-32)42(40-25)29-9-5-3-6-10-29)23-17-31(44)18-24-35-26(2)41-43(30-11-7-4-8-12-30)37(35)46-33-21-15-28(39)16-22-33/h3-24H,1-2H3/b23-17+,24-18+. The number of aryl methyl sites for hydroxylation is 2. The molecule has 0 amide bonds. The number of nitrogens with zero attached hydrogens (tertiary/aromatic N) is 4. The van der Waals surface area contributed by atoms with Crippen LogP contribution < -0.4 is 9.47 Å². The molecule has 7 nitrogen and oxygen atoms in total. The third-order valence-corrected chi connectivity index (χ3v) is 7.52. The zero-order valence-electron chi connectivity index (χ0n) is 25.0. The lowest BCUT2D eigenvalue weighted by atomic mass is 10.1. The number of allylic oxidation sites excluding steroid dienone is 2. The minimum absolute atomic E-state index is 0.242. The maximum absolute atomic E-state index is 13.2. The Hall–Kier alpha value is -5.37. The first-order valence-corrected chi connectivity index (χ1v) is 15.2. The molecular weight excluding hydrogens is 619 g/mol. The highest BCUT2D eigenvalue weighted by Gasteiger charge is 2.19. The lowest BCUT2D eigenvalue weighted by Gasteiger charge is -2.10. The molecule has 0 aliphatic carbocycles. The number of ether oxygens (including phenoxy) is 2. The van der Waals surface area contributed by atoms with Crippen LogP contribution in [-0.2, 0) is 4.79 Å². The Morgan fingerprint density at radius 2 is 0.957 bits per heavy atom. The summed E-state index contributed by atoms with van der Waals surface area (Å²) >= 11 is 12.2. The van der Waals surface area contributed by atoms with Gasteiger partial charge in [-0.25, -0.2) is 0 Å². The van der Waals surface area contributed by atoms with Gasteiger partial charge in [0.05, 0.1) is 33.9 Å². The number of rotatable bonds is 10. The van der Waals surface area contributed by atoms with E-state index < -0.39 is 0 Å². The van der Waals surface area contributed by atoms with Gasteiger partial charge in [0.2, 0.25) is 11.8 Å². The highest BCUT2D eigenvalue weighted by atomic mass is 35.5. The van der Waals surface area contributed by atoms with Crippen molar-refractivity contribution in [3.05, 3.63) is 154 Å². The van der Waals surface area contributed by atoms with E-state index in [1.807, 2.05) is 74.5 Å². The first kappa shape index (κ1) is 30.6. The maximum atomic E-state index is 13.2. The Morgan fingerprint density at radius 3 is 1.33 bits per heavy atom. The smallest absolute Gasteiger partial charge is 0.230 e. The highest BCUT2D eigenvalue weighted by molar-refractivity contribution is 6.30. The summed E-state index contributed by atoms with van der Waals surface area (Å²) in [6.07, 6.45) is 6.40. The summed E-state index contributed by atoms with van der Waals surface area (Å²) in [5.74, 6) is 1.87. The van der Waals surface area contributed by atoms with E-state index in [9.17, 15) is 4.79 Å². The van der Waals surface area contributed by atoms with Gasteiger partial charge >= 0.3 is 0 Å². The topological polar surface area (TPSA) is 71.2 Å². The second-order valence-electron chi connectivity index (χ2n) is 10.3. The van der Waals surface area contributed by atoms with Crippen LogP contribution in [0.3, 0.4) is 0 Å². The van der Waals surface area contributed by atoms with E-state index in [0.717, 1.165) is 11.4 Å². The molecule has 0 atom stereocenters. The molecule has 0 radical (unpaired) electrons. The fourth-order valence-corrected chi connectivity index (χ4v) is 4.97. The maximum Gasteiger partial charge on any atom is 0.230 e. The van der Waals surface area contributed by atoms with E-state index in [4.69, 9.17) is 42.9 Å². The summed E-state index contributed by atoms with van der Waals surface area (Å²) in [6, 6.07) is 33.4. The predicted octanol–water partition coefficient (Wildman–Crippen LogP) is 9.86. The number of hydrogen-bond donors (Lipinski definition) is 0. The van der Waals surface area contributed by atoms with Gasteiger partial charge in [-0.2, -0.15) is 19.6 Å². The van der Waals surface area contributed by atoms with E-state index in [1.54, 1.807) is 70.0 Å². The Labute approximate surface area is 276 Å². The molecule has 0 unspecified atom stereocenters. The van der Waals surface area contributed by atoms with Crippen molar-refractivity contribution in [1.82, 2.24) is 19.6 Å². The second-order valence-corrected chi connectivity index (χ2v) is 11.2. The monoisotopic (exact) mass is 646 g/mol. The van der Waals surface area contributed by atoms with Gasteiger partial charge in [-0.1, -0.05) is 59.6 Å². The van der Waals surface area contributed by atoms with Gasteiger partial charge in [0.15, 0.2) is 5.78 Å². The minimum Gasteiger partial charge on any atom is -0.438 e. The molecule has 0 spiro atoms. The number of carbonyl (C=O) groups excluding carboxylic acids is 1. The number of halogens is 2. The lowest BCUT2D eigenvalue weighted by Crippen LogP contribution is -2.00. The van der Waals surface area contributed by atoms with Crippen molar-refractivity contribution in [2.45, 2.75) is 13.8 Å². The molecule has 9 heteroatoms. The normalized spacial score (nSPS) is 11.4. The molecule has 0 N–H and O–H groups in total. The van der Waals surface area contributed by atoms with Crippen LogP contribution in [-0.4, -0.2) is 25.3 Å². The van der Waals surface area contributed by atoms with Crippen molar-refractivity contribution < 1.29 is 14.3 Å². The van der Waals surface area contributed by atoms with Crippen LogP contribution in [0.25, 0.3) is 23.5 Å². The lowest BCUT2D eigenvalue weighted by molar-refractivity contribution is -0.110. The largest absolute Gasteiger partial charge is 0.438 e. The SMILES string of the molecule is Cc1nn(-c2ccccc2)c(Oc2ccc(Cl)cc2)c1/C=C/C(=O)/C=C/c1c(C)nn(-c2ccccc2)c1Oc1ccc(Cl)cc1. The van der Waals surface area contributed by atoms with Crippen LogP contribution in [0, 0.1) is 13.8 Å². The molecule has 228 valence electrons. The molecule has 0 aliphatic rings. The van der Waals surface area contributed by atoms with E-state index in [-0.39, 0.29) is 5.78 Å². The fraction of sp³-hybridized carbons (Fsp3) is 0.0541. The molecule has 0 aliphatic heterocycles. The van der Waals surface area contributed by atoms with Crippen LogP contribution >= 0.6 is 23.2 Å². The molecule has 0 bridgehead atoms. The summed E-state index contributed by atoms with van der Waals surface area (Å²) in [5, 5.41) is 10.6. The van der Waals surface area contributed by atoms with Gasteiger partial charge in [0.1, 0.15) is 11.5 Å². The van der Waals surface area contributed by atoms with E-state index in [2.05, 4.69) is 0 Å². The molecule has 0 saturated heterocycles. The summed E-state index contributed by atoms with van der Waals surface area (Å²) in [4.78, 5) is 13.2. The zero-order chi connectivity index (χ0) is 32.0. The van der Waals surface area contributed by atoms with Crippen molar-refractivity contribution >= 4 is 41.1 Å². The van der Waals surface area contributed by atoms with Gasteiger partial charge < -0.3 is 9.47 Å². The van der Waals surface area contributed by atoms with Crippen LogP contribution in [0.5, 0.6) is 23.3 Å². The average Bonchev–Trinajstić information content (AvgIpc) is 3.56. The highest BCUT2D eigenvalue weighted by Crippen LogP contribution is 2.34. The third-order valence-electron chi connectivity index (χ3n) is 7.01. The third kappa shape index (κ3) is 6.96. The fourth-order valence-electron chi connectivity index (χ4n) is 4.72. The molecule has 0 saturated carbocycles. The van der Waals surface area contributed by atoms with E-state index in [0.29, 0.717) is 55.8 Å². The Balaban J connectivity index is 1.32. The summed E-state index contributed by atoms with van der Waals surface area (Å²) < 4.78 is 16.0. The number of benzene rings is 4. The molecule has 2 aromatic heterocycles. The van der Waals surface area contributed by atoms with Crippen molar-refractivity contribution in [3.8, 4) is 34.6 Å². The number of aromatic nitrogens is 4. The minimum atomic E-state index is -0.242. The van der Waals surface area contributed by atoms with Crippen LogP contribution in [0.2, 0.25) is 10.0 Å². The van der Waals surface area contributed by atoms with Gasteiger partial charge in [0, 0.05) is 10.0 Å². The summed E-state index contributed by atoms with van der Waals surface area (Å²) in [5.41, 5.74) is 4.36. The molecule has 0 fully saturated rings. The number of carbonyl (C=O) groups is 1. The molecule has 46 heavy (non-hydrogen) atoms. The summed E-state index contributed by atoms with van der Waals surface area (Å²) in [7, 11) is 0. The second kappa shape index (κ2) is 13.7. The molecule has 6 aromatic rings. The molecule has 6 rings (SSSR count). The number of hydrogen-bond acceptors (Lipinski definition) is 5. The van der Waals surface area contributed by atoms with Crippen molar-refractivity contribution in [1.29, 1.82) is 0 Å². The molecular formula is C37H28Cl2N4O3. The molecule has 4 aromatic carbocycles. The van der Waals surface area contributed by atoms with Gasteiger partial charge in [-0.05, 0) is 111 Å². The predicted molar refractivity (Wildman–Crippen MR) is 183 cm³/mol. The van der Waals surface area contributed by atoms with Crippen LogP contribution in [0.1, 0.15) is 22.5 Å². The zero-order valence-corrected chi connectivity index (χ0v) is 26.5. The van der Waals surface area contributed by atoms with Crippen LogP contribution in [0.4, 0.5) is 0 Å². The summed E-state index contributed by atoms with van der Waals surface area (Å²) in [6.45, 7) is 3.74. The van der Waals surface area contributed by atoms with E-state index in [1.165, 1.54) is 12.2 Å². The first-order valence-electron chi connectivity index (χ1n) is 14.4. The van der Waals surface area contributed by atoms with Crippen molar-refractivity contribution in [2.75, 3.05) is 0 Å². The molecule has 2 heterocycles. The number of ketones is 1. The number of para-hydroxylation sites is 2. The van der Waals surface area contributed by atoms with E-state index >= 15 is 0 Å². The Morgan fingerprint density at radius 1 is 0.587 bits per heavy atom. The van der Waals surface area contributed by atoms with Gasteiger partial charge in [-0.15, -0.1) is 0 Å². The first-order chi connectivity index (χ1) is 22.4. The van der Waals surface area contributed by atoms with Gasteiger partial charge in [-0.3, -0.25) is 4.79 Å². The average molecular weight is 648 g/mol. The van der Waals surface area contributed by atoms with Crippen LogP contribution in [0.15, 0.2) is 121 Å². The quantitative estimate of drug-likeness (QED) is 0.139. The Kier molecular flexibility index (Phi) is 9.15. The Bertz CT molecular complexity index is 1880. The van der Waals surface area contributed by atoms with Gasteiger partial charge in [0.25, 0.3) is 0 Å².